The molecule has 122 valence electrons. The molecule has 0 amide bonds. The van der Waals surface area contributed by atoms with Crippen LogP contribution in [-0.4, -0.2) is 13.2 Å². The first kappa shape index (κ1) is 17.1. The molecule has 2 rings (SSSR count). The molecule has 0 heterocycles. The van der Waals surface area contributed by atoms with Crippen LogP contribution in [0.3, 0.4) is 0 Å². The van der Waals surface area contributed by atoms with Gasteiger partial charge in [0.05, 0.1) is 6.61 Å². The van der Waals surface area contributed by atoms with E-state index in [9.17, 15) is 0 Å². The Kier molecular flexibility index (Phi) is 7.85. The summed E-state index contributed by atoms with van der Waals surface area (Å²) in [6, 6.07) is 0. The van der Waals surface area contributed by atoms with Crippen molar-refractivity contribution in [3.8, 4) is 0 Å². The summed E-state index contributed by atoms with van der Waals surface area (Å²) in [6.45, 7) is 7.75. The molecule has 0 aromatic carbocycles. The van der Waals surface area contributed by atoms with Crippen LogP contribution in [0.15, 0.2) is 12.7 Å². The highest BCUT2D eigenvalue weighted by molar-refractivity contribution is 4.76. The molecule has 0 radical (unpaired) electrons. The summed E-state index contributed by atoms with van der Waals surface area (Å²) >= 11 is 0. The average Bonchev–Trinajstić information content (AvgIpc) is 2.55. The highest BCUT2D eigenvalue weighted by atomic mass is 16.5. The summed E-state index contributed by atoms with van der Waals surface area (Å²) in [5.41, 5.74) is 0. The Morgan fingerprint density at radius 3 is 1.76 bits per heavy atom. The van der Waals surface area contributed by atoms with E-state index in [0.29, 0.717) is 0 Å². The van der Waals surface area contributed by atoms with E-state index in [1.807, 2.05) is 6.08 Å². The maximum Gasteiger partial charge on any atom is 0.0644 e. The second kappa shape index (κ2) is 9.66. The van der Waals surface area contributed by atoms with Gasteiger partial charge in [-0.2, -0.15) is 0 Å². The Bertz CT molecular complexity index is 270. The van der Waals surface area contributed by atoms with Crippen LogP contribution in [0, 0.1) is 23.7 Å². The lowest BCUT2D eigenvalue weighted by molar-refractivity contribution is 0.0936. The fourth-order valence-corrected chi connectivity index (χ4v) is 4.40. The minimum absolute atomic E-state index is 0.723. The Balaban J connectivity index is 1.54. The van der Waals surface area contributed by atoms with Gasteiger partial charge in [0.1, 0.15) is 0 Å². The van der Waals surface area contributed by atoms with Crippen molar-refractivity contribution < 1.29 is 4.74 Å². The van der Waals surface area contributed by atoms with Crippen LogP contribution in [0.1, 0.15) is 77.6 Å². The predicted octanol–water partition coefficient (Wildman–Crippen LogP) is 5.99. The Morgan fingerprint density at radius 1 is 0.810 bits per heavy atom. The third-order valence-corrected chi connectivity index (χ3v) is 6.08. The molecule has 2 aliphatic rings. The molecule has 2 saturated carbocycles. The van der Waals surface area contributed by atoms with Gasteiger partial charge in [0.2, 0.25) is 0 Å². The summed E-state index contributed by atoms with van der Waals surface area (Å²) in [5.74, 6) is 3.94. The SMILES string of the molecule is C=CCOCC1CCC(CC[C@H]2CC[C@H](CC)CC2)CC1. The lowest BCUT2D eigenvalue weighted by Gasteiger charge is -2.31. The first-order valence-electron chi connectivity index (χ1n) is 9.50. The van der Waals surface area contributed by atoms with E-state index >= 15 is 0 Å². The van der Waals surface area contributed by atoms with Gasteiger partial charge in [-0.05, 0) is 36.5 Å². The quantitative estimate of drug-likeness (QED) is 0.394. The van der Waals surface area contributed by atoms with Gasteiger partial charge in [0, 0.05) is 6.61 Å². The Labute approximate surface area is 132 Å². The maximum absolute atomic E-state index is 5.62. The summed E-state index contributed by atoms with van der Waals surface area (Å²) in [5, 5.41) is 0. The van der Waals surface area contributed by atoms with Crippen LogP contribution in [0.25, 0.3) is 0 Å². The summed E-state index contributed by atoms with van der Waals surface area (Å²) < 4.78 is 5.62. The molecule has 2 aliphatic carbocycles. The molecule has 1 nitrogen and oxygen atoms in total. The smallest absolute Gasteiger partial charge is 0.0644 e. The van der Waals surface area contributed by atoms with Crippen LogP contribution in [0.2, 0.25) is 0 Å². The molecule has 1 heteroatoms. The second-order valence-electron chi connectivity index (χ2n) is 7.59. The van der Waals surface area contributed by atoms with E-state index in [-0.39, 0.29) is 0 Å². The van der Waals surface area contributed by atoms with Gasteiger partial charge in [-0.15, -0.1) is 6.58 Å². The molecule has 0 N–H and O–H groups in total. The molecule has 0 aromatic rings. The van der Waals surface area contributed by atoms with Gasteiger partial charge in [0.15, 0.2) is 0 Å². The minimum Gasteiger partial charge on any atom is -0.377 e. The highest BCUT2D eigenvalue weighted by Crippen LogP contribution is 2.37. The van der Waals surface area contributed by atoms with Crippen LogP contribution >= 0.6 is 0 Å². The normalized spacial score (nSPS) is 33.8. The number of hydrogen-bond donors (Lipinski definition) is 0. The van der Waals surface area contributed by atoms with E-state index in [2.05, 4.69) is 13.5 Å². The summed E-state index contributed by atoms with van der Waals surface area (Å²) in [6.07, 6.45) is 18.0. The van der Waals surface area contributed by atoms with Gasteiger partial charge < -0.3 is 4.74 Å². The fraction of sp³-hybridized carbons (Fsp3) is 0.900. The third-order valence-electron chi connectivity index (χ3n) is 6.08. The van der Waals surface area contributed by atoms with Gasteiger partial charge in [-0.3, -0.25) is 0 Å². The maximum atomic E-state index is 5.62. The van der Waals surface area contributed by atoms with Crippen molar-refractivity contribution in [1.29, 1.82) is 0 Å². The Morgan fingerprint density at radius 2 is 1.29 bits per heavy atom. The number of rotatable bonds is 8. The topological polar surface area (TPSA) is 9.23 Å². The van der Waals surface area contributed by atoms with Crippen molar-refractivity contribution in [2.75, 3.05) is 13.2 Å². The zero-order valence-electron chi connectivity index (χ0n) is 14.2. The van der Waals surface area contributed by atoms with Crippen molar-refractivity contribution in [3.05, 3.63) is 12.7 Å². The van der Waals surface area contributed by atoms with Gasteiger partial charge in [-0.1, -0.05) is 70.8 Å². The van der Waals surface area contributed by atoms with Crippen molar-refractivity contribution in [2.24, 2.45) is 23.7 Å². The van der Waals surface area contributed by atoms with E-state index in [0.717, 1.165) is 36.9 Å². The summed E-state index contributed by atoms with van der Waals surface area (Å²) in [4.78, 5) is 0. The lowest BCUT2D eigenvalue weighted by Crippen LogP contribution is -2.20. The first-order chi connectivity index (χ1) is 10.3. The molecule has 0 aromatic heterocycles. The third kappa shape index (κ3) is 6.14. The van der Waals surface area contributed by atoms with E-state index < -0.39 is 0 Å². The van der Waals surface area contributed by atoms with Crippen LogP contribution in [-0.2, 0) is 4.74 Å². The number of ether oxygens (including phenoxy) is 1. The summed E-state index contributed by atoms with van der Waals surface area (Å²) in [7, 11) is 0. The number of hydrogen-bond acceptors (Lipinski definition) is 1. The molecule has 0 saturated heterocycles. The van der Waals surface area contributed by atoms with Crippen molar-refractivity contribution >= 4 is 0 Å². The van der Waals surface area contributed by atoms with Crippen molar-refractivity contribution in [2.45, 2.75) is 77.6 Å². The fourth-order valence-electron chi connectivity index (χ4n) is 4.40. The standard InChI is InChI=1S/C20H36O/c1-3-15-21-16-20-13-11-19(12-14-20)10-9-18-7-5-17(4-2)6-8-18/h3,17-20H,1,4-16H2,2H3/t17-,18-,19?,20?. The molecule has 0 bridgehead atoms. The second-order valence-corrected chi connectivity index (χ2v) is 7.59. The van der Waals surface area contributed by atoms with Crippen molar-refractivity contribution in [1.82, 2.24) is 0 Å². The predicted molar refractivity (Wildman–Crippen MR) is 91.4 cm³/mol. The molecule has 21 heavy (non-hydrogen) atoms. The van der Waals surface area contributed by atoms with Gasteiger partial charge >= 0.3 is 0 Å². The van der Waals surface area contributed by atoms with Crippen LogP contribution in [0.5, 0.6) is 0 Å². The monoisotopic (exact) mass is 292 g/mol. The van der Waals surface area contributed by atoms with E-state index in [4.69, 9.17) is 4.74 Å². The molecule has 0 spiro atoms. The van der Waals surface area contributed by atoms with Crippen molar-refractivity contribution in [3.63, 3.8) is 0 Å². The largest absolute Gasteiger partial charge is 0.377 e. The van der Waals surface area contributed by atoms with Gasteiger partial charge in [0.25, 0.3) is 0 Å². The highest BCUT2D eigenvalue weighted by Gasteiger charge is 2.24. The minimum atomic E-state index is 0.723. The molecule has 0 aliphatic heterocycles. The van der Waals surface area contributed by atoms with E-state index in [1.165, 1.54) is 70.6 Å². The molecule has 2 fully saturated rings. The molecule has 0 unspecified atom stereocenters. The van der Waals surface area contributed by atoms with E-state index in [1.54, 1.807) is 0 Å². The molecule has 0 atom stereocenters. The first-order valence-corrected chi connectivity index (χ1v) is 9.50. The molecular formula is C20H36O. The lowest BCUT2D eigenvalue weighted by atomic mass is 9.75. The zero-order chi connectivity index (χ0) is 14.9. The zero-order valence-corrected chi connectivity index (χ0v) is 14.2. The van der Waals surface area contributed by atoms with Crippen LogP contribution in [0.4, 0.5) is 0 Å². The average molecular weight is 293 g/mol. The Hall–Kier alpha value is -0.300. The van der Waals surface area contributed by atoms with Gasteiger partial charge in [-0.25, -0.2) is 0 Å². The molecular weight excluding hydrogens is 256 g/mol. The van der Waals surface area contributed by atoms with Crippen LogP contribution < -0.4 is 0 Å².